The van der Waals surface area contributed by atoms with Gasteiger partial charge in [0.25, 0.3) is 5.91 Å². The van der Waals surface area contributed by atoms with E-state index in [2.05, 4.69) is 5.32 Å². The van der Waals surface area contributed by atoms with Gasteiger partial charge in [-0.2, -0.15) is 0 Å². The van der Waals surface area contributed by atoms with E-state index < -0.39 is 23.2 Å². The van der Waals surface area contributed by atoms with Gasteiger partial charge >= 0.3 is 0 Å². The number of primary amides is 1. The molecule has 208 valence electrons. The molecule has 1 aromatic carbocycles. The Bertz CT molecular complexity index is 1220. The highest BCUT2D eigenvalue weighted by atomic mass is 19.1. The van der Waals surface area contributed by atoms with Crippen LogP contribution >= 0.6 is 0 Å². The summed E-state index contributed by atoms with van der Waals surface area (Å²) in [5.41, 5.74) is 5.81. The van der Waals surface area contributed by atoms with Gasteiger partial charge < -0.3 is 30.2 Å². The van der Waals surface area contributed by atoms with Crippen LogP contribution < -0.4 is 15.8 Å². The summed E-state index contributed by atoms with van der Waals surface area (Å²) in [5.74, 6) is -1.66. The average Bonchev–Trinajstić information content (AvgIpc) is 3.22. The lowest BCUT2D eigenvalue weighted by Gasteiger charge is -2.46. The fourth-order valence-electron chi connectivity index (χ4n) is 6.33. The molecule has 1 aliphatic carbocycles. The summed E-state index contributed by atoms with van der Waals surface area (Å²) in [4.78, 5) is 43.7. The van der Waals surface area contributed by atoms with Gasteiger partial charge in [0.15, 0.2) is 11.6 Å². The molecule has 1 unspecified atom stereocenters. The van der Waals surface area contributed by atoms with Crippen molar-refractivity contribution in [2.75, 3.05) is 33.8 Å². The molecule has 3 amide bonds. The van der Waals surface area contributed by atoms with Gasteiger partial charge in [-0.3, -0.25) is 14.4 Å². The van der Waals surface area contributed by atoms with E-state index in [1.54, 1.807) is 42.6 Å². The van der Waals surface area contributed by atoms with Crippen LogP contribution in [0.15, 0.2) is 18.2 Å². The Balaban J connectivity index is 1.55. The number of hydrogen-bond acceptors (Lipinski definition) is 5. The topological polar surface area (TPSA) is 110 Å². The quantitative estimate of drug-likeness (QED) is 0.573. The molecule has 1 aliphatic heterocycles. The summed E-state index contributed by atoms with van der Waals surface area (Å²) in [6.07, 6.45) is 4.98. The molecule has 3 atom stereocenters. The number of aryl methyl sites for hydroxylation is 1. The molecular formula is C28H40FN5O4. The maximum Gasteiger partial charge on any atom is 0.270 e. The first-order valence-electron chi connectivity index (χ1n) is 13.4. The number of benzene rings is 1. The van der Waals surface area contributed by atoms with Crippen LogP contribution in [0.25, 0.3) is 10.9 Å². The van der Waals surface area contributed by atoms with Crippen molar-refractivity contribution in [3.05, 3.63) is 29.7 Å². The molecule has 9 nitrogen and oxygen atoms in total. The number of hydrogen-bond donors (Lipinski definition) is 2. The van der Waals surface area contributed by atoms with Crippen LogP contribution in [-0.2, 0) is 16.6 Å². The van der Waals surface area contributed by atoms with Gasteiger partial charge in [0.2, 0.25) is 11.8 Å². The number of rotatable bonds is 7. The van der Waals surface area contributed by atoms with Gasteiger partial charge in [-0.05, 0) is 51.8 Å². The fraction of sp³-hybridized carbons (Fsp3) is 0.607. The third kappa shape index (κ3) is 4.86. The summed E-state index contributed by atoms with van der Waals surface area (Å²) in [5, 5.41) is 3.68. The molecule has 1 saturated carbocycles. The maximum atomic E-state index is 14.2. The number of carbonyl (C=O) groups excluding carboxylic acids is 3. The minimum absolute atomic E-state index is 0.0706. The molecule has 38 heavy (non-hydrogen) atoms. The van der Waals surface area contributed by atoms with E-state index in [0.717, 1.165) is 32.1 Å². The highest BCUT2D eigenvalue weighted by Gasteiger charge is 2.49. The summed E-state index contributed by atoms with van der Waals surface area (Å²) < 4.78 is 21.1. The van der Waals surface area contributed by atoms with Crippen molar-refractivity contribution in [2.45, 2.75) is 57.5 Å². The first kappa shape index (κ1) is 27.9. The smallest absolute Gasteiger partial charge is 0.270 e. The second kappa shape index (κ2) is 10.9. The zero-order valence-electron chi connectivity index (χ0n) is 23.1. The average molecular weight is 530 g/mol. The largest absolute Gasteiger partial charge is 0.494 e. The molecule has 1 aromatic heterocycles. The number of nitrogens with zero attached hydrogens (tertiary/aromatic N) is 3. The third-order valence-electron chi connectivity index (χ3n) is 8.77. The molecule has 2 fully saturated rings. The number of methoxy groups -OCH3 is 1. The van der Waals surface area contributed by atoms with Crippen molar-refractivity contribution >= 4 is 28.6 Å². The Hall–Kier alpha value is -3.14. The van der Waals surface area contributed by atoms with Gasteiger partial charge in [-0.25, -0.2) is 4.39 Å². The van der Waals surface area contributed by atoms with E-state index in [9.17, 15) is 18.8 Å². The molecule has 0 bridgehead atoms. The molecule has 2 aromatic rings. The normalized spacial score (nSPS) is 21.3. The molecule has 10 heteroatoms. The van der Waals surface area contributed by atoms with Crippen LogP contribution in [0.4, 0.5) is 4.39 Å². The number of amides is 3. The van der Waals surface area contributed by atoms with Crippen LogP contribution in [0.1, 0.15) is 56.4 Å². The van der Waals surface area contributed by atoms with E-state index in [1.165, 1.54) is 13.2 Å². The molecule has 3 N–H and O–H groups in total. The van der Waals surface area contributed by atoms with Gasteiger partial charge in [0.05, 0.1) is 18.5 Å². The number of halogens is 1. The second-order valence-corrected chi connectivity index (χ2v) is 11.0. The highest BCUT2D eigenvalue weighted by molar-refractivity contribution is 5.99. The van der Waals surface area contributed by atoms with Gasteiger partial charge in [-0.1, -0.05) is 19.3 Å². The zero-order valence-corrected chi connectivity index (χ0v) is 23.1. The monoisotopic (exact) mass is 529 g/mol. The first-order chi connectivity index (χ1) is 18.0. The fourth-order valence-corrected chi connectivity index (χ4v) is 6.33. The molecule has 4 rings (SSSR count). The van der Waals surface area contributed by atoms with Crippen LogP contribution in [0.2, 0.25) is 0 Å². The summed E-state index contributed by atoms with van der Waals surface area (Å²) >= 11 is 0. The van der Waals surface area contributed by atoms with Gasteiger partial charge in [0.1, 0.15) is 11.2 Å². The molecule has 0 spiro atoms. The van der Waals surface area contributed by atoms with Crippen LogP contribution in [0.3, 0.4) is 0 Å². The Kier molecular flexibility index (Phi) is 8.01. The SMILES string of the molecule is CNC(C)(C(N)=O)[C@@H](C(=O)N1CCN(C(=O)c2cc3cc(F)c(OC)cc3n2C)C[C@H]1C)C1CCCCC1. The summed E-state index contributed by atoms with van der Waals surface area (Å²) in [6.45, 7) is 4.74. The summed E-state index contributed by atoms with van der Waals surface area (Å²) in [6, 6.07) is 4.40. The van der Waals surface area contributed by atoms with Gasteiger partial charge in [0, 0.05) is 44.2 Å². The number of fused-ring (bicyclic) bond motifs is 1. The highest BCUT2D eigenvalue weighted by Crippen LogP contribution is 2.38. The summed E-state index contributed by atoms with van der Waals surface area (Å²) in [7, 11) is 4.86. The lowest BCUT2D eigenvalue weighted by Crippen LogP contribution is -2.65. The number of nitrogens with one attached hydrogen (secondary N) is 1. The molecular weight excluding hydrogens is 489 g/mol. The second-order valence-electron chi connectivity index (χ2n) is 11.0. The van der Waals surface area contributed by atoms with Crippen molar-refractivity contribution in [1.29, 1.82) is 0 Å². The molecule has 2 aliphatic rings. The number of piperazine rings is 1. The number of nitrogens with two attached hydrogens (primary N) is 1. The zero-order chi connectivity index (χ0) is 27.8. The lowest BCUT2D eigenvalue weighted by atomic mass is 9.69. The predicted molar refractivity (Wildman–Crippen MR) is 143 cm³/mol. The standard InChI is InChI=1S/C28H40FN5O4/c1-17-16-33(25(35)22-14-19-13-20(29)23(38-5)15-21(19)32(22)4)11-12-34(17)26(36)24(18-9-7-6-8-10-18)28(2,31-3)27(30)37/h13-15,17-18,24,31H,6-12,16H2,1-5H3,(H2,30,37)/t17-,24-,28?/m1/s1. The number of ether oxygens (including phenoxy) is 1. The number of likely N-dealkylation sites (N-methyl/N-ethyl adjacent to an activating group) is 1. The van der Waals surface area contributed by atoms with Crippen LogP contribution in [-0.4, -0.2) is 77.5 Å². The predicted octanol–water partition coefficient (Wildman–Crippen LogP) is 2.66. The van der Waals surface area contributed by atoms with E-state index in [0.29, 0.717) is 36.2 Å². The number of carbonyl (C=O) groups is 3. The third-order valence-corrected chi connectivity index (χ3v) is 8.77. The van der Waals surface area contributed by atoms with Gasteiger partial charge in [-0.15, -0.1) is 0 Å². The van der Waals surface area contributed by atoms with Crippen LogP contribution in [0.5, 0.6) is 5.75 Å². The van der Waals surface area contributed by atoms with Crippen LogP contribution in [0, 0.1) is 17.7 Å². The van der Waals surface area contributed by atoms with Crippen molar-refractivity contribution < 1.29 is 23.5 Å². The van der Waals surface area contributed by atoms with Crippen molar-refractivity contribution in [3.8, 4) is 5.75 Å². The minimum Gasteiger partial charge on any atom is -0.494 e. The molecule has 2 heterocycles. The Morgan fingerprint density at radius 2 is 1.84 bits per heavy atom. The number of aromatic nitrogens is 1. The minimum atomic E-state index is -1.16. The Morgan fingerprint density at radius 1 is 1.16 bits per heavy atom. The Morgan fingerprint density at radius 3 is 2.42 bits per heavy atom. The van der Waals surface area contributed by atoms with Crippen molar-refractivity contribution in [1.82, 2.24) is 19.7 Å². The van der Waals surface area contributed by atoms with E-state index in [1.807, 2.05) is 11.8 Å². The van der Waals surface area contributed by atoms with E-state index in [4.69, 9.17) is 10.5 Å². The van der Waals surface area contributed by atoms with E-state index in [-0.39, 0.29) is 29.5 Å². The lowest BCUT2D eigenvalue weighted by molar-refractivity contribution is -0.149. The molecule has 0 radical (unpaired) electrons. The van der Waals surface area contributed by atoms with E-state index >= 15 is 0 Å². The molecule has 1 saturated heterocycles. The maximum absolute atomic E-state index is 14.2. The van der Waals surface area contributed by atoms with Crippen molar-refractivity contribution in [3.63, 3.8) is 0 Å². The Labute approximate surface area is 223 Å². The van der Waals surface area contributed by atoms with Crippen molar-refractivity contribution in [2.24, 2.45) is 24.6 Å². The first-order valence-corrected chi connectivity index (χ1v) is 13.4.